The number of anilines is 1. The van der Waals surface area contributed by atoms with Crippen LogP contribution in [0.1, 0.15) is 38.5 Å². The lowest BCUT2D eigenvalue weighted by molar-refractivity contribution is 0.0600. The van der Waals surface area contributed by atoms with Gasteiger partial charge in [0.15, 0.2) is 5.76 Å². The number of methoxy groups -OCH3 is 1. The van der Waals surface area contributed by atoms with Crippen molar-refractivity contribution in [1.82, 2.24) is 0 Å². The second kappa shape index (κ2) is 9.15. The zero-order chi connectivity index (χ0) is 26.3. The minimum absolute atomic E-state index is 0.0252. The molecule has 8 nitrogen and oxygen atoms in total. The van der Waals surface area contributed by atoms with Crippen molar-refractivity contribution in [2.45, 2.75) is 19.4 Å². The molecule has 0 fully saturated rings. The Morgan fingerprint density at radius 1 is 1.08 bits per heavy atom. The molecular formula is C28H23N3O5S. The lowest BCUT2D eigenvalue weighted by atomic mass is 9.88. The van der Waals surface area contributed by atoms with Crippen LogP contribution in [-0.2, 0) is 26.0 Å². The first-order chi connectivity index (χ1) is 17.8. The number of sulfonamides is 1. The molecule has 0 bridgehead atoms. The molecule has 2 N–H and O–H groups in total. The summed E-state index contributed by atoms with van der Waals surface area (Å²) in [5.41, 5.74) is 9.77. The highest BCUT2D eigenvalue weighted by Gasteiger charge is 2.47. The maximum absolute atomic E-state index is 14.3. The fourth-order valence-corrected chi connectivity index (χ4v) is 6.51. The zero-order valence-corrected chi connectivity index (χ0v) is 21.0. The van der Waals surface area contributed by atoms with Gasteiger partial charge >= 0.3 is 5.97 Å². The molecule has 9 heteroatoms. The fourth-order valence-electron chi connectivity index (χ4n) is 4.60. The van der Waals surface area contributed by atoms with E-state index in [1.807, 2.05) is 37.3 Å². The highest BCUT2D eigenvalue weighted by atomic mass is 32.2. The minimum Gasteiger partial charge on any atom is -0.465 e. The number of allylic oxidation sites excluding steroid dienone is 2. The number of nitrogens with zero attached hydrogens (tertiary/aromatic N) is 2. The summed E-state index contributed by atoms with van der Waals surface area (Å²) in [5, 5.41) is 9.98. The van der Waals surface area contributed by atoms with Crippen LogP contribution in [0.15, 0.2) is 89.2 Å². The molecule has 0 saturated heterocycles. The van der Waals surface area contributed by atoms with Crippen molar-refractivity contribution in [3.63, 3.8) is 0 Å². The van der Waals surface area contributed by atoms with Crippen LogP contribution in [0.5, 0.6) is 0 Å². The quantitative estimate of drug-likeness (QED) is 0.516. The number of nitrogens with two attached hydrogens (primary N) is 1. The molecule has 0 saturated carbocycles. The predicted octanol–water partition coefficient (Wildman–Crippen LogP) is 4.31. The molecule has 2 heterocycles. The van der Waals surface area contributed by atoms with Crippen molar-refractivity contribution in [2.75, 3.05) is 11.4 Å². The van der Waals surface area contributed by atoms with Gasteiger partial charge in [-0.1, -0.05) is 54.1 Å². The van der Waals surface area contributed by atoms with Crippen LogP contribution in [0.3, 0.4) is 0 Å². The van der Waals surface area contributed by atoms with E-state index in [1.54, 1.807) is 36.4 Å². The Morgan fingerprint density at radius 3 is 2.41 bits per heavy atom. The summed E-state index contributed by atoms with van der Waals surface area (Å²) < 4.78 is 40.5. The number of aryl methyl sites for hydroxylation is 1. The number of esters is 1. The molecule has 0 spiro atoms. The van der Waals surface area contributed by atoms with Crippen LogP contribution < -0.4 is 10.0 Å². The average molecular weight is 514 g/mol. The van der Waals surface area contributed by atoms with Crippen LogP contribution in [0, 0.1) is 18.3 Å². The molecule has 37 heavy (non-hydrogen) atoms. The Kier molecular flexibility index (Phi) is 5.97. The average Bonchev–Trinajstić information content (AvgIpc) is 2.91. The normalized spacial score (nSPS) is 17.9. The molecule has 2 aliphatic heterocycles. The smallest absolute Gasteiger partial charge is 0.337 e. The lowest BCUT2D eigenvalue weighted by Crippen LogP contribution is -2.39. The van der Waals surface area contributed by atoms with E-state index in [1.165, 1.54) is 23.5 Å². The van der Waals surface area contributed by atoms with Crippen molar-refractivity contribution in [3.05, 3.63) is 117 Å². The first kappa shape index (κ1) is 24.2. The molecule has 0 unspecified atom stereocenters. The Hall–Kier alpha value is -4.55. The van der Waals surface area contributed by atoms with Gasteiger partial charge in [-0.15, -0.1) is 0 Å². The third kappa shape index (κ3) is 4.01. The highest BCUT2D eigenvalue weighted by Crippen LogP contribution is 2.51. The Labute approximate surface area is 214 Å². The number of benzene rings is 3. The number of rotatable bonds is 4. The van der Waals surface area contributed by atoms with E-state index in [0.29, 0.717) is 22.4 Å². The van der Waals surface area contributed by atoms with Crippen LogP contribution in [0.25, 0.3) is 5.76 Å². The number of carbonyl (C=O) groups excluding carboxylic acids is 1. The number of fused-ring (bicyclic) bond motifs is 2. The van der Waals surface area contributed by atoms with Gasteiger partial charge in [0.1, 0.15) is 16.5 Å². The zero-order valence-electron chi connectivity index (χ0n) is 20.1. The summed E-state index contributed by atoms with van der Waals surface area (Å²) in [6, 6.07) is 22.9. The predicted molar refractivity (Wildman–Crippen MR) is 138 cm³/mol. The lowest BCUT2D eigenvalue weighted by Gasteiger charge is -2.38. The second-order valence-corrected chi connectivity index (χ2v) is 10.6. The fraction of sp³-hybridized carbons (Fsp3) is 0.143. The Balaban J connectivity index is 1.71. The van der Waals surface area contributed by atoms with E-state index in [9.17, 15) is 18.5 Å². The molecule has 186 valence electrons. The van der Waals surface area contributed by atoms with Gasteiger partial charge < -0.3 is 15.2 Å². The van der Waals surface area contributed by atoms with Crippen molar-refractivity contribution in [2.24, 2.45) is 5.73 Å². The van der Waals surface area contributed by atoms with Gasteiger partial charge in [-0.25, -0.2) is 13.2 Å². The first-order valence-electron chi connectivity index (χ1n) is 11.4. The van der Waals surface area contributed by atoms with E-state index >= 15 is 0 Å². The number of hydrogen-bond donors (Lipinski definition) is 1. The molecular weight excluding hydrogens is 490 g/mol. The molecule has 0 aromatic heterocycles. The largest absolute Gasteiger partial charge is 0.465 e. The van der Waals surface area contributed by atoms with E-state index in [4.69, 9.17) is 15.2 Å². The first-order valence-corrected chi connectivity index (χ1v) is 12.9. The Bertz CT molecular complexity index is 1620. The van der Waals surface area contributed by atoms with Gasteiger partial charge in [-0.3, -0.25) is 4.31 Å². The summed E-state index contributed by atoms with van der Waals surface area (Å²) in [6.45, 7) is 2.05. The van der Waals surface area contributed by atoms with Crippen LogP contribution in [-0.4, -0.2) is 21.5 Å². The van der Waals surface area contributed by atoms with Crippen LogP contribution in [0.4, 0.5) is 5.69 Å². The van der Waals surface area contributed by atoms with Gasteiger partial charge in [0.05, 0.1) is 30.8 Å². The number of carbonyl (C=O) groups is 1. The molecule has 0 amide bonds. The summed E-state index contributed by atoms with van der Waals surface area (Å²) in [5.74, 6) is -1.63. The van der Waals surface area contributed by atoms with Gasteiger partial charge in [0.25, 0.3) is 10.0 Å². The monoisotopic (exact) mass is 513 g/mol. The molecule has 2 aliphatic rings. The third-order valence-corrected chi connectivity index (χ3v) is 8.35. The minimum atomic E-state index is -4.19. The molecule has 0 aliphatic carbocycles. The molecule has 3 aromatic carbocycles. The molecule has 5 rings (SSSR count). The number of ether oxygens (including phenoxy) is 2. The summed E-state index contributed by atoms with van der Waals surface area (Å²) in [4.78, 5) is 11.9. The number of hydrogen-bond acceptors (Lipinski definition) is 7. The van der Waals surface area contributed by atoms with E-state index in [0.717, 1.165) is 11.1 Å². The number of nitriles is 1. The maximum atomic E-state index is 14.3. The van der Waals surface area contributed by atoms with Gasteiger partial charge in [0.2, 0.25) is 5.88 Å². The van der Waals surface area contributed by atoms with Crippen molar-refractivity contribution in [3.8, 4) is 6.07 Å². The van der Waals surface area contributed by atoms with Gasteiger partial charge in [0, 0.05) is 5.56 Å². The van der Waals surface area contributed by atoms with Crippen molar-refractivity contribution < 1.29 is 22.7 Å². The summed E-state index contributed by atoms with van der Waals surface area (Å²) >= 11 is 0. The summed E-state index contributed by atoms with van der Waals surface area (Å²) in [6.07, 6.45) is 0. The third-order valence-electron chi connectivity index (χ3n) is 6.47. The standard InChI is InChI=1S/C28H23N3O5S/c1-17-7-9-18(10-8-17)16-31-23-6-4-3-5-21(23)25-26(37(31,33)34)24(22(15-29)27(30)36-25)19-11-13-20(14-12-19)28(32)35-2/h3-14,24H,16,30H2,1-2H3/t24-/m1/s1. The topological polar surface area (TPSA) is 123 Å². The molecule has 1 atom stereocenters. The number of para-hydroxylation sites is 1. The molecule has 3 aromatic rings. The van der Waals surface area contributed by atoms with E-state index in [-0.39, 0.29) is 28.7 Å². The summed E-state index contributed by atoms with van der Waals surface area (Å²) in [7, 11) is -2.91. The SMILES string of the molecule is COC(=O)c1ccc([C@@H]2C(C#N)=C(N)OC3=C2S(=O)(=O)N(Cc2ccc(C)cc2)c2ccccc23)cc1. The van der Waals surface area contributed by atoms with Gasteiger partial charge in [-0.05, 0) is 42.3 Å². The van der Waals surface area contributed by atoms with E-state index in [2.05, 4.69) is 0 Å². The Morgan fingerprint density at radius 2 is 1.76 bits per heavy atom. The van der Waals surface area contributed by atoms with Crippen LogP contribution in [0.2, 0.25) is 0 Å². The van der Waals surface area contributed by atoms with E-state index < -0.39 is 21.9 Å². The molecule has 0 radical (unpaired) electrons. The van der Waals surface area contributed by atoms with Gasteiger partial charge in [-0.2, -0.15) is 5.26 Å². The maximum Gasteiger partial charge on any atom is 0.337 e. The second-order valence-electron chi connectivity index (χ2n) is 8.75. The highest BCUT2D eigenvalue weighted by molar-refractivity contribution is 7.96. The van der Waals surface area contributed by atoms with Crippen LogP contribution >= 0.6 is 0 Å². The van der Waals surface area contributed by atoms with Crippen molar-refractivity contribution in [1.29, 1.82) is 5.26 Å². The van der Waals surface area contributed by atoms with Crippen molar-refractivity contribution >= 4 is 27.4 Å².